The quantitative estimate of drug-likeness (QED) is 0.766. The van der Waals surface area contributed by atoms with E-state index in [4.69, 9.17) is 0 Å². The average molecular weight is 272 g/mol. The Labute approximate surface area is 121 Å². The maximum absolute atomic E-state index is 12.3. The van der Waals surface area contributed by atoms with Gasteiger partial charge in [0, 0.05) is 23.3 Å². The molecule has 1 saturated carbocycles. The van der Waals surface area contributed by atoms with Crippen LogP contribution in [0, 0.1) is 17.3 Å². The molecule has 2 atom stereocenters. The van der Waals surface area contributed by atoms with Crippen LogP contribution in [0.25, 0.3) is 0 Å². The van der Waals surface area contributed by atoms with Crippen LogP contribution in [-0.2, 0) is 4.79 Å². The maximum Gasteiger partial charge on any atom is 0.163 e. The molecule has 1 fully saturated rings. The summed E-state index contributed by atoms with van der Waals surface area (Å²) in [5, 5.41) is 0. The Morgan fingerprint density at radius 3 is 2.35 bits per heavy atom. The van der Waals surface area contributed by atoms with E-state index in [1.54, 1.807) is 0 Å². The first-order valence-corrected chi connectivity index (χ1v) is 7.50. The van der Waals surface area contributed by atoms with Gasteiger partial charge >= 0.3 is 0 Å². The molecule has 0 radical (unpaired) electrons. The normalized spacial score (nSPS) is 22.8. The fraction of sp³-hybridized carbons (Fsp3) is 0.556. The largest absolute Gasteiger partial charge is 0.299 e. The first-order valence-electron chi connectivity index (χ1n) is 7.50. The molecule has 0 bridgehead atoms. The highest BCUT2D eigenvalue weighted by molar-refractivity contribution is 5.96. The minimum absolute atomic E-state index is 0.156. The third-order valence-electron chi connectivity index (χ3n) is 4.22. The Morgan fingerprint density at radius 1 is 1.10 bits per heavy atom. The van der Waals surface area contributed by atoms with Crippen molar-refractivity contribution in [2.45, 2.75) is 46.5 Å². The van der Waals surface area contributed by atoms with Gasteiger partial charge in [-0.1, -0.05) is 51.1 Å². The molecule has 0 saturated heterocycles. The summed E-state index contributed by atoms with van der Waals surface area (Å²) in [5.74, 6) is 1.09. The number of benzene rings is 1. The highest BCUT2D eigenvalue weighted by atomic mass is 16.1. The van der Waals surface area contributed by atoms with E-state index < -0.39 is 0 Å². The summed E-state index contributed by atoms with van der Waals surface area (Å²) in [7, 11) is 0. The highest BCUT2D eigenvalue weighted by Crippen LogP contribution is 2.37. The van der Waals surface area contributed by atoms with E-state index in [0.29, 0.717) is 18.1 Å². The number of ketones is 2. The Bertz CT molecular complexity index is 482. The van der Waals surface area contributed by atoms with E-state index >= 15 is 0 Å². The van der Waals surface area contributed by atoms with Crippen LogP contribution in [0.15, 0.2) is 30.3 Å². The molecule has 20 heavy (non-hydrogen) atoms. The molecule has 0 heterocycles. The number of rotatable bonds is 4. The fourth-order valence-electron chi connectivity index (χ4n) is 3.11. The number of hydrogen-bond donors (Lipinski definition) is 0. The summed E-state index contributed by atoms with van der Waals surface area (Å²) in [5.41, 5.74) is 0.529. The lowest BCUT2D eigenvalue weighted by Crippen LogP contribution is -2.27. The molecule has 108 valence electrons. The van der Waals surface area contributed by atoms with E-state index in [-0.39, 0.29) is 17.1 Å². The second kappa shape index (κ2) is 5.90. The summed E-state index contributed by atoms with van der Waals surface area (Å²) in [6.07, 6.45) is 3.42. The minimum Gasteiger partial charge on any atom is -0.299 e. The fourth-order valence-corrected chi connectivity index (χ4v) is 3.11. The molecule has 0 aromatic heterocycles. The molecule has 1 aromatic rings. The molecule has 0 N–H and O–H groups in total. The van der Waals surface area contributed by atoms with Gasteiger partial charge in [-0.2, -0.15) is 0 Å². The zero-order chi connectivity index (χ0) is 14.8. The second-order valence-electron chi connectivity index (χ2n) is 6.98. The lowest BCUT2D eigenvalue weighted by molar-refractivity contribution is -0.130. The molecule has 0 spiro atoms. The monoisotopic (exact) mass is 272 g/mol. The van der Waals surface area contributed by atoms with Crippen molar-refractivity contribution in [3.63, 3.8) is 0 Å². The number of carbonyl (C=O) groups is 2. The average Bonchev–Trinajstić information content (AvgIpc) is 2.86. The van der Waals surface area contributed by atoms with Gasteiger partial charge in [0.15, 0.2) is 5.78 Å². The minimum atomic E-state index is -0.261. The van der Waals surface area contributed by atoms with Gasteiger partial charge in [-0.25, -0.2) is 0 Å². The van der Waals surface area contributed by atoms with Crippen LogP contribution < -0.4 is 0 Å². The lowest BCUT2D eigenvalue weighted by Gasteiger charge is -2.21. The van der Waals surface area contributed by atoms with Crippen LogP contribution >= 0.6 is 0 Å². The van der Waals surface area contributed by atoms with E-state index in [1.807, 2.05) is 51.1 Å². The zero-order valence-electron chi connectivity index (χ0n) is 12.7. The van der Waals surface area contributed by atoms with Crippen molar-refractivity contribution < 1.29 is 9.59 Å². The van der Waals surface area contributed by atoms with Crippen molar-refractivity contribution in [3.8, 4) is 0 Å². The molecule has 0 amide bonds. The molecule has 1 aromatic carbocycles. The molecule has 0 aliphatic heterocycles. The maximum atomic E-state index is 12.3. The standard InChI is InChI=1S/C18H24O2/c1-18(2,3)17(20)15-10-9-13(11-15)12-16(19)14-7-5-4-6-8-14/h4-8,13,15H,9-12H2,1-3H3. The lowest BCUT2D eigenvalue weighted by atomic mass is 9.82. The zero-order valence-corrected chi connectivity index (χ0v) is 12.7. The smallest absolute Gasteiger partial charge is 0.163 e. The van der Waals surface area contributed by atoms with E-state index in [9.17, 15) is 9.59 Å². The van der Waals surface area contributed by atoms with Gasteiger partial charge in [-0.3, -0.25) is 9.59 Å². The number of carbonyl (C=O) groups excluding carboxylic acids is 2. The van der Waals surface area contributed by atoms with Gasteiger partial charge in [0.25, 0.3) is 0 Å². The number of Topliss-reactive ketones (excluding diaryl/α,β-unsaturated/α-hetero) is 2. The first kappa shape index (κ1) is 15.0. The van der Waals surface area contributed by atoms with Crippen molar-refractivity contribution in [2.75, 3.05) is 0 Å². The van der Waals surface area contributed by atoms with Crippen molar-refractivity contribution in [1.82, 2.24) is 0 Å². The molecule has 2 nitrogen and oxygen atoms in total. The molecule has 2 unspecified atom stereocenters. The molecule has 1 aliphatic carbocycles. The van der Waals surface area contributed by atoms with Gasteiger partial charge < -0.3 is 0 Å². The molecule has 1 aliphatic rings. The van der Waals surface area contributed by atoms with Gasteiger partial charge in [0.05, 0.1) is 0 Å². The summed E-state index contributed by atoms with van der Waals surface area (Å²) in [6.45, 7) is 5.95. The van der Waals surface area contributed by atoms with Crippen LogP contribution in [0.4, 0.5) is 0 Å². The van der Waals surface area contributed by atoms with Crippen LogP contribution in [0.2, 0.25) is 0 Å². The summed E-state index contributed by atoms with van der Waals surface area (Å²) >= 11 is 0. The first-order chi connectivity index (χ1) is 9.38. The van der Waals surface area contributed by atoms with E-state index in [1.165, 1.54) is 0 Å². The Morgan fingerprint density at radius 2 is 1.75 bits per heavy atom. The van der Waals surface area contributed by atoms with Crippen molar-refractivity contribution in [2.24, 2.45) is 17.3 Å². The summed E-state index contributed by atoms with van der Waals surface area (Å²) < 4.78 is 0. The molecule has 2 rings (SSSR count). The van der Waals surface area contributed by atoms with Gasteiger partial charge in [0.1, 0.15) is 5.78 Å². The van der Waals surface area contributed by atoms with E-state index in [0.717, 1.165) is 24.8 Å². The van der Waals surface area contributed by atoms with Crippen molar-refractivity contribution in [3.05, 3.63) is 35.9 Å². The van der Waals surface area contributed by atoms with Gasteiger partial charge in [-0.15, -0.1) is 0 Å². The third kappa shape index (κ3) is 3.56. The van der Waals surface area contributed by atoms with Crippen LogP contribution in [0.3, 0.4) is 0 Å². The van der Waals surface area contributed by atoms with Gasteiger partial charge in [0.2, 0.25) is 0 Å². The van der Waals surface area contributed by atoms with E-state index in [2.05, 4.69) is 0 Å². The number of hydrogen-bond acceptors (Lipinski definition) is 2. The third-order valence-corrected chi connectivity index (χ3v) is 4.22. The summed E-state index contributed by atoms with van der Waals surface area (Å²) in [4.78, 5) is 24.5. The summed E-state index contributed by atoms with van der Waals surface area (Å²) in [6, 6.07) is 9.45. The Kier molecular flexibility index (Phi) is 4.42. The molecular formula is C18H24O2. The predicted molar refractivity (Wildman–Crippen MR) is 80.7 cm³/mol. The highest BCUT2D eigenvalue weighted by Gasteiger charge is 2.35. The molecule has 2 heteroatoms. The van der Waals surface area contributed by atoms with Crippen LogP contribution in [0.1, 0.15) is 56.8 Å². The van der Waals surface area contributed by atoms with Crippen molar-refractivity contribution in [1.29, 1.82) is 0 Å². The van der Waals surface area contributed by atoms with Crippen molar-refractivity contribution >= 4 is 11.6 Å². The Hall–Kier alpha value is -1.44. The van der Waals surface area contributed by atoms with Crippen LogP contribution in [-0.4, -0.2) is 11.6 Å². The molecular weight excluding hydrogens is 248 g/mol. The Balaban J connectivity index is 1.91. The predicted octanol–water partition coefficient (Wildman–Crippen LogP) is 4.29. The second-order valence-corrected chi connectivity index (χ2v) is 6.98. The van der Waals surface area contributed by atoms with Crippen LogP contribution in [0.5, 0.6) is 0 Å². The topological polar surface area (TPSA) is 34.1 Å². The SMILES string of the molecule is CC(C)(C)C(=O)C1CCC(CC(=O)c2ccccc2)C1. The van der Waals surface area contributed by atoms with Gasteiger partial charge in [-0.05, 0) is 25.2 Å².